The van der Waals surface area contributed by atoms with E-state index in [9.17, 15) is 12.8 Å². The summed E-state index contributed by atoms with van der Waals surface area (Å²) < 4.78 is 52.2. The molecule has 7 heteroatoms. The SMILES string of the molecule is CCOc1ccc([C@@H](C)NS(=O)(=O)c2ccc(F)c(C)c2)cc1OCC. The van der Waals surface area contributed by atoms with Gasteiger partial charge in [-0.05, 0) is 69.2 Å². The zero-order chi connectivity index (χ0) is 19.3. The summed E-state index contributed by atoms with van der Waals surface area (Å²) in [6.07, 6.45) is 0. The second-order valence-electron chi connectivity index (χ2n) is 5.83. The Morgan fingerprint density at radius 1 is 1.04 bits per heavy atom. The Hall–Kier alpha value is -2.12. The van der Waals surface area contributed by atoms with E-state index in [0.29, 0.717) is 24.7 Å². The zero-order valence-corrected chi connectivity index (χ0v) is 16.2. The second kappa shape index (κ2) is 8.51. The number of rotatable bonds is 8. The first-order valence-electron chi connectivity index (χ1n) is 8.46. The molecule has 142 valence electrons. The van der Waals surface area contributed by atoms with E-state index in [4.69, 9.17) is 9.47 Å². The molecule has 0 aromatic heterocycles. The molecule has 0 bridgehead atoms. The Morgan fingerprint density at radius 2 is 1.69 bits per heavy atom. The molecule has 5 nitrogen and oxygen atoms in total. The van der Waals surface area contributed by atoms with Crippen molar-refractivity contribution in [1.29, 1.82) is 0 Å². The normalized spacial score (nSPS) is 12.7. The van der Waals surface area contributed by atoms with Crippen molar-refractivity contribution in [3.05, 3.63) is 53.3 Å². The van der Waals surface area contributed by atoms with Gasteiger partial charge in [-0.3, -0.25) is 0 Å². The summed E-state index contributed by atoms with van der Waals surface area (Å²) in [5.41, 5.74) is 1.01. The van der Waals surface area contributed by atoms with Crippen molar-refractivity contribution in [2.24, 2.45) is 0 Å². The largest absolute Gasteiger partial charge is 0.490 e. The number of ether oxygens (including phenoxy) is 2. The van der Waals surface area contributed by atoms with Crippen LogP contribution in [0.1, 0.15) is 37.9 Å². The Labute approximate surface area is 154 Å². The van der Waals surface area contributed by atoms with E-state index in [0.717, 1.165) is 11.6 Å². The van der Waals surface area contributed by atoms with Gasteiger partial charge in [-0.25, -0.2) is 17.5 Å². The summed E-state index contributed by atoms with van der Waals surface area (Å²) in [6, 6.07) is 8.53. The highest BCUT2D eigenvalue weighted by molar-refractivity contribution is 7.89. The number of aryl methyl sites for hydroxylation is 1. The van der Waals surface area contributed by atoms with Crippen molar-refractivity contribution in [3.8, 4) is 11.5 Å². The molecule has 0 unspecified atom stereocenters. The van der Waals surface area contributed by atoms with E-state index in [-0.39, 0.29) is 10.5 Å². The molecule has 0 aliphatic carbocycles. The van der Waals surface area contributed by atoms with Gasteiger partial charge in [-0.15, -0.1) is 0 Å². The minimum Gasteiger partial charge on any atom is -0.490 e. The number of halogens is 1. The topological polar surface area (TPSA) is 64.6 Å². The van der Waals surface area contributed by atoms with E-state index in [1.807, 2.05) is 13.8 Å². The van der Waals surface area contributed by atoms with Crippen LogP contribution in [-0.2, 0) is 10.0 Å². The molecule has 0 radical (unpaired) electrons. The predicted molar refractivity (Wildman–Crippen MR) is 98.7 cm³/mol. The number of benzene rings is 2. The summed E-state index contributed by atoms with van der Waals surface area (Å²) in [7, 11) is -3.78. The van der Waals surface area contributed by atoms with Gasteiger partial charge in [-0.1, -0.05) is 6.07 Å². The van der Waals surface area contributed by atoms with Crippen molar-refractivity contribution in [2.45, 2.75) is 38.6 Å². The van der Waals surface area contributed by atoms with Crippen molar-refractivity contribution in [3.63, 3.8) is 0 Å². The average molecular weight is 381 g/mol. The molecular weight excluding hydrogens is 357 g/mol. The van der Waals surface area contributed by atoms with E-state index >= 15 is 0 Å². The molecule has 2 aromatic rings. The molecular formula is C19H24FNO4S. The van der Waals surface area contributed by atoms with Gasteiger partial charge in [0.25, 0.3) is 0 Å². The Kier molecular flexibility index (Phi) is 6.61. The molecule has 0 aliphatic rings. The van der Waals surface area contributed by atoms with Crippen LogP contribution in [0.15, 0.2) is 41.3 Å². The van der Waals surface area contributed by atoms with E-state index in [1.54, 1.807) is 25.1 Å². The lowest BCUT2D eigenvalue weighted by molar-refractivity contribution is 0.287. The molecule has 2 aromatic carbocycles. The van der Waals surface area contributed by atoms with Gasteiger partial charge >= 0.3 is 0 Å². The lowest BCUT2D eigenvalue weighted by atomic mass is 10.1. The van der Waals surface area contributed by atoms with Crippen molar-refractivity contribution < 1.29 is 22.3 Å². The van der Waals surface area contributed by atoms with Crippen LogP contribution in [-0.4, -0.2) is 21.6 Å². The lowest BCUT2D eigenvalue weighted by Gasteiger charge is -2.18. The molecule has 0 saturated carbocycles. The Balaban J connectivity index is 2.26. The van der Waals surface area contributed by atoms with E-state index < -0.39 is 21.9 Å². The van der Waals surface area contributed by atoms with Crippen LogP contribution in [0.3, 0.4) is 0 Å². The fourth-order valence-corrected chi connectivity index (χ4v) is 3.81. The van der Waals surface area contributed by atoms with Gasteiger partial charge in [0, 0.05) is 6.04 Å². The molecule has 0 amide bonds. The summed E-state index contributed by atoms with van der Waals surface area (Å²) in [4.78, 5) is 0.0271. The smallest absolute Gasteiger partial charge is 0.241 e. The number of sulfonamides is 1. The predicted octanol–water partition coefficient (Wildman–Crippen LogP) is 3.97. The third-order valence-electron chi connectivity index (χ3n) is 3.84. The number of nitrogens with one attached hydrogen (secondary N) is 1. The van der Waals surface area contributed by atoms with Crippen LogP contribution in [0.4, 0.5) is 4.39 Å². The maximum Gasteiger partial charge on any atom is 0.241 e. The lowest BCUT2D eigenvalue weighted by Crippen LogP contribution is -2.27. The third kappa shape index (κ3) is 4.74. The number of hydrogen-bond donors (Lipinski definition) is 1. The Morgan fingerprint density at radius 3 is 2.31 bits per heavy atom. The van der Waals surface area contributed by atoms with Crippen molar-refractivity contribution in [1.82, 2.24) is 4.72 Å². The highest BCUT2D eigenvalue weighted by Crippen LogP contribution is 2.31. The first-order valence-corrected chi connectivity index (χ1v) is 9.94. The quantitative estimate of drug-likeness (QED) is 0.751. The van der Waals surface area contributed by atoms with Crippen LogP contribution in [0, 0.1) is 12.7 Å². The average Bonchev–Trinajstić information content (AvgIpc) is 2.58. The van der Waals surface area contributed by atoms with Gasteiger partial charge in [0.2, 0.25) is 10.0 Å². The third-order valence-corrected chi connectivity index (χ3v) is 5.38. The van der Waals surface area contributed by atoms with Gasteiger partial charge in [0.1, 0.15) is 5.82 Å². The summed E-state index contributed by atoms with van der Waals surface area (Å²) in [6.45, 7) is 7.98. The number of hydrogen-bond acceptors (Lipinski definition) is 4. The van der Waals surface area contributed by atoms with Gasteiger partial charge in [0.05, 0.1) is 18.1 Å². The first-order chi connectivity index (χ1) is 12.3. The Bertz CT molecular complexity index is 868. The maximum absolute atomic E-state index is 13.4. The maximum atomic E-state index is 13.4. The van der Waals surface area contributed by atoms with Crippen LogP contribution < -0.4 is 14.2 Å². The molecule has 2 rings (SSSR count). The van der Waals surface area contributed by atoms with Gasteiger partial charge in [0.15, 0.2) is 11.5 Å². The highest BCUT2D eigenvalue weighted by atomic mass is 32.2. The fourth-order valence-electron chi connectivity index (χ4n) is 2.49. The van der Waals surface area contributed by atoms with E-state index in [2.05, 4.69) is 4.72 Å². The molecule has 1 atom stereocenters. The molecule has 0 aliphatic heterocycles. The summed E-state index contributed by atoms with van der Waals surface area (Å²) in [5.74, 6) is 0.739. The summed E-state index contributed by atoms with van der Waals surface area (Å²) >= 11 is 0. The zero-order valence-electron chi connectivity index (χ0n) is 15.4. The molecule has 1 N–H and O–H groups in total. The monoisotopic (exact) mass is 381 g/mol. The van der Waals surface area contributed by atoms with Gasteiger partial charge < -0.3 is 9.47 Å². The van der Waals surface area contributed by atoms with Crippen LogP contribution in [0.2, 0.25) is 0 Å². The van der Waals surface area contributed by atoms with Crippen molar-refractivity contribution >= 4 is 10.0 Å². The molecule has 0 spiro atoms. The van der Waals surface area contributed by atoms with Gasteiger partial charge in [-0.2, -0.15) is 0 Å². The molecule has 0 heterocycles. The van der Waals surface area contributed by atoms with E-state index in [1.165, 1.54) is 19.1 Å². The second-order valence-corrected chi connectivity index (χ2v) is 7.54. The van der Waals surface area contributed by atoms with Crippen LogP contribution in [0.5, 0.6) is 11.5 Å². The standard InChI is InChI=1S/C19H24FNO4S/c1-5-24-18-10-7-15(12-19(18)25-6-2)14(4)21-26(22,23)16-8-9-17(20)13(3)11-16/h7-12,14,21H,5-6H2,1-4H3/t14-/m1/s1. The van der Waals surface area contributed by atoms with Crippen LogP contribution in [0.25, 0.3) is 0 Å². The first kappa shape index (κ1) is 20.2. The molecule has 0 saturated heterocycles. The minimum atomic E-state index is -3.78. The minimum absolute atomic E-state index is 0.0271. The van der Waals surface area contributed by atoms with Crippen LogP contribution >= 0.6 is 0 Å². The fraction of sp³-hybridized carbons (Fsp3) is 0.368. The van der Waals surface area contributed by atoms with Crippen molar-refractivity contribution in [2.75, 3.05) is 13.2 Å². The highest BCUT2D eigenvalue weighted by Gasteiger charge is 2.20. The summed E-state index contributed by atoms with van der Waals surface area (Å²) in [5, 5.41) is 0. The molecule has 26 heavy (non-hydrogen) atoms. The molecule has 0 fully saturated rings.